The van der Waals surface area contributed by atoms with E-state index in [1.807, 2.05) is 0 Å². The molecule has 1 N–H and O–H groups in total. The summed E-state index contributed by atoms with van der Waals surface area (Å²) in [4.78, 5) is 12.5. The second-order valence-electron chi connectivity index (χ2n) is 2.74. The first-order valence-electron chi connectivity index (χ1n) is 3.81. The average molecular weight is 238 g/mol. The molecule has 0 unspecified atom stereocenters. The zero-order valence-electron chi connectivity index (χ0n) is 7.78. The van der Waals surface area contributed by atoms with E-state index < -0.39 is 28.6 Å². The Kier molecular flexibility index (Phi) is 2.88. The number of aromatic hydroxyl groups is 1. The Bertz CT molecular complexity index is 432. The van der Waals surface area contributed by atoms with E-state index in [4.69, 9.17) is 5.11 Å². The predicted octanol–water partition coefficient (Wildman–Crippen LogP) is 1.90. The molecule has 0 saturated heterocycles. The van der Waals surface area contributed by atoms with Gasteiger partial charge < -0.3 is 9.84 Å². The van der Waals surface area contributed by atoms with Crippen molar-refractivity contribution in [2.24, 2.45) is 0 Å². The van der Waals surface area contributed by atoms with E-state index in [9.17, 15) is 23.3 Å². The maximum absolute atomic E-state index is 11.8. The summed E-state index contributed by atoms with van der Waals surface area (Å²) in [6, 6.07) is 0.832. The highest BCUT2D eigenvalue weighted by atomic mass is 19.4. The molecule has 0 aliphatic rings. The molecule has 88 valence electrons. The first-order valence-corrected chi connectivity index (χ1v) is 3.81. The van der Waals surface area contributed by atoms with Crippen LogP contribution in [0.25, 0.3) is 0 Å². The van der Waals surface area contributed by atoms with Crippen LogP contribution in [0.4, 0.5) is 18.9 Å². The molecule has 16 heavy (non-hydrogen) atoms. The Balaban J connectivity index is 3.25. The molecular formula is C7H5F3N2O4. The predicted molar refractivity (Wildman–Crippen MR) is 44.0 cm³/mol. The summed E-state index contributed by atoms with van der Waals surface area (Å²) in [6.07, 6.45) is -5.08. The number of nitro groups is 1. The van der Waals surface area contributed by atoms with E-state index in [-0.39, 0.29) is 5.69 Å². The molecule has 0 aliphatic heterocycles. The minimum absolute atomic E-state index is 0.0799. The third kappa shape index (κ3) is 2.72. The lowest BCUT2D eigenvalue weighted by atomic mass is 10.3. The molecule has 0 spiro atoms. The lowest BCUT2D eigenvalue weighted by molar-refractivity contribution is -0.386. The molecule has 0 aliphatic carbocycles. The van der Waals surface area contributed by atoms with Gasteiger partial charge in [-0.15, -0.1) is 13.2 Å². The Labute approximate surface area is 86.4 Å². The van der Waals surface area contributed by atoms with Gasteiger partial charge in [0.25, 0.3) is 11.6 Å². The zero-order valence-corrected chi connectivity index (χ0v) is 7.78. The second-order valence-corrected chi connectivity index (χ2v) is 2.74. The first kappa shape index (κ1) is 12.0. The summed E-state index contributed by atoms with van der Waals surface area (Å²) in [5.74, 6) is -2.49. The Morgan fingerprint density at radius 3 is 2.56 bits per heavy atom. The summed E-state index contributed by atoms with van der Waals surface area (Å²) in [6.45, 7) is 1.23. The number of ether oxygens (including phenoxy) is 1. The van der Waals surface area contributed by atoms with Gasteiger partial charge in [-0.1, -0.05) is 0 Å². The summed E-state index contributed by atoms with van der Waals surface area (Å²) in [5, 5.41) is 19.5. The van der Waals surface area contributed by atoms with Gasteiger partial charge in [-0.25, -0.2) is 4.98 Å². The van der Waals surface area contributed by atoms with E-state index in [2.05, 4.69) is 9.72 Å². The normalized spacial score (nSPS) is 11.2. The van der Waals surface area contributed by atoms with Crippen LogP contribution in [0.15, 0.2) is 6.07 Å². The number of halogens is 3. The van der Waals surface area contributed by atoms with Gasteiger partial charge in [0.05, 0.1) is 4.92 Å². The molecule has 0 fully saturated rings. The van der Waals surface area contributed by atoms with Crippen molar-refractivity contribution in [2.45, 2.75) is 13.3 Å². The van der Waals surface area contributed by atoms with Gasteiger partial charge in [-0.2, -0.15) is 0 Å². The molecule has 1 rings (SSSR count). The van der Waals surface area contributed by atoms with Crippen molar-refractivity contribution in [3.8, 4) is 11.6 Å². The zero-order chi connectivity index (χ0) is 12.5. The monoisotopic (exact) mass is 238 g/mol. The van der Waals surface area contributed by atoms with Crippen molar-refractivity contribution in [3.63, 3.8) is 0 Å². The number of hydrogen-bond acceptors (Lipinski definition) is 5. The largest absolute Gasteiger partial charge is 0.574 e. The van der Waals surface area contributed by atoms with Crippen LogP contribution >= 0.6 is 0 Å². The quantitative estimate of drug-likeness (QED) is 0.628. The smallest absolute Gasteiger partial charge is 0.498 e. The van der Waals surface area contributed by atoms with Gasteiger partial charge in [0.15, 0.2) is 0 Å². The minimum atomic E-state index is -5.08. The molecule has 0 bridgehead atoms. The number of aromatic nitrogens is 1. The fourth-order valence-corrected chi connectivity index (χ4v) is 0.941. The number of aryl methyl sites for hydroxylation is 1. The number of rotatable bonds is 2. The van der Waals surface area contributed by atoms with Gasteiger partial charge >= 0.3 is 12.0 Å². The van der Waals surface area contributed by atoms with Crippen LogP contribution in [-0.4, -0.2) is 21.4 Å². The SMILES string of the molecule is Cc1cc([N+](=O)[O-])c(O)c(OC(F)(F)F)n1. The summed E-state index contributed by atoms with van der Waals surface area (Å²) < 4.78 is 38.9. The topological polar surface area (TPSA) is 85.5 Å². The van der Waals surface area contributed by atoms with Crippen molar-refractivity contribution in [2.75, 3.05) is 0 Å². The van der Waals surface area contributed by atoms with E-state index in [1.54, 1.807) is 0 Å². The fourth-order valence-electron chi connectivity index (χ4n) is 0.941. The van der Waals surface area contributed by atoms with Crippen LogP contribution in [0.1, 0.15) is 5.69 Å². The van der Waals surface area contributed by atoms with Crippen molar-refractivity contribution in [1.82, 2.24) is 4.98 Å². The Morgan fingerprint density at radius 2 is 2.12 bits per heavy atom. The average Bonchev–Trinajstić information content (AvgIpc) is 2.07. The fraction of sp³-hybridized carbons (Fsp3) is 0.286. The number of nitrogens with zero attached hydrogens (tertiary/aromatic N) is 2. The van der Waals surface area contributed by atoms with Crippen molar-refractivity contribution < 1.29 is 27.9 Å². The number of pyridine rings is 1. The van der Waals surface area contributed by atoms with Crippen LogP contribution in [0, 0.1) is 17.0 Å². The molecule has 0 radical (unpaired) electrons. The van der Waals surface area contributed by atoms with Crippen molar-refractivity contribution >= 4 is 5.69 Å². The number of alkyl halides is 3. The molecule has 1 aromatic heterocycles. The maximum Gasteiger partial charge on any atom is 0.574 e. The van der Waals surface area contributed by atoms with Crippen molar-refractivity contribution in [3.05, 3.63) is 21.9 Å². The summed E-state index contributed by atoms with van der Waals surface area (Å²) in [7, 11) is 0. The Morgan fingerprint density at radius 1 is 1.56 bits per heavy atom. The van der Waals surface area contributed by atoms with Crippen LogP contribution in [-0.2, 0) is 0 Å². The highest BCUT2D eigenvalue weighted by Crippen LogP contribution is 2.37. The highest BCUT2D eigenvalue weighted by molar-refractivity contribution is 5.52. The van der Waals surface area contributed by atoms with E-state index >= 15 is 0 Å². The lowest BCUT2D eigenvalue weighted by Gasteiger charge is -2.09. The summed E-state index contributed by atoms with van der Waals surface area (Å²) >= 11 is 0. The third-order valence-corrected chi connectivity index (χ3v) is 1.48. The van der Waals surface area contributed by atoms with Gasteiger partial charge in [0.2, 0.25) is 0 Å². The lowest BCUT2D eigenvalue weighted by Crippen LogP contribution is -2.18. The molecule has 6 nitrogen and oxygen atoms in total. The Hall–Kier alpha value is -2.06. The third-order valence-electron chi connectivity index (χ3n) is 1.48. The second kappa shape index (κ2) is 3.83. The molecule has 9 heteroatoms. The van der Waals surface area contributed by atoms with Crippen LogP contribution < -0.4 is 4.74 Å². The molecular weight excluding hydrogens is 233 g/mol. The molecule has 1 aromatic rings. The molecule has 0 saturated carbocycles. The standard InChI is InChI=1S/C7H5F3N2O4/c1-3-2-4(12(14)15)5(13)6(11-3)16-7(8,9)10/h2,13H,1H3. The molecule has 0 aromatic carbocycles. The van der Waals surface area contributed by atoms with Gasteiger partial charge in [0.1, 0.15) is 0 Å². The molecule has 0 amide bonds. The van der Waals surface area contributed by atoms with Gasteiger partial charge in [-0.3, -0.25) is 10.1 Å². The maximum atomic E-state index is 11.8. The van der Waals surface area contributed by atoms with Crippen LogP contribution in [0.2, 0.25) is 0 Å². The van der Waals surface area contributed by atoms with Gasteiger partial charge in [0, 0.05) is 11.8 Å². The molecule has 1 heterocycles. The molecule has 0 atom stereocenters. The van der Waals surface area contributed by atoms with E-state index in [1.165, 1.54) is 6.92 Å². The van der Waals surface area contributed by atoms with Gasteiger partial charge in [-0.05, 0) is 6.92 Å². The minimum Gasteiger partial charge on any atom is -0.498 e. The summed E-state index contributed by atoms with van der Waals surface area (Å²) in [5.41, 5.74) is -0.976. The van der Waals surface area contributed by atoms with Crippen LogP contribution in [0.3, 0.4) is 0 Å². The highest BCUT2D eigenvalue weighted by Gasteiger charge is 2.35. The van der Waals surface area contributed by atoms with Crippen LogP contribution in [0.5, 0.6) is 11.6 Å². The van der Waals surface area contributed by atoms with E-state index in [0.29, 0.717) is 0 Å². The first-order chi connectivity index (χ1) is 7.20. The number of hydrogen-bond donors (Lipinski definition) is 1. The van der Waals surface area contributed by atoms with E-state index in [0.717, 1.165) is 6.07 Å². The van der Waals surface area contributed by atoms with Crippen molar-refractivity contribution in [1.29, 1.82) is 0 Å².